The third kappa shape index (κ3) is 1.99. The zero-order valence-electron chi connectivity index (χ0n) is 11.6. The van der Waals surface area contributed by atoms with E-state index in [1.807, 2.05) is 18.2 Å². The Morgan fingerprint density at radius 1 is 1.30 bits per heavy atom. The van der Waals surface area contributed by atoms with E-state index in [1.165, 1.54) is 25.9 Å². The summed E-state index contributed by atoms with van der Waals surface area (Å²) in [6.07, 6.45) is 3.35. The van der Waals surface area contributed by atoms with Crippen molar-refractivity contribution in [3.05, 3.63) is 29.3 Å². The quantitative estimate of drug-likeness (QED) is 0.886. The maximum atomic E-state index is 12.5. The minimum atomic E-state index is 0.0301. The largest absolute Gasteiger partial charge is 0.492 e. The number of hydrogen-bond donors (Lipinski definition) is 1. The molecule has 0 aliphatic carbocycles. The van der Waals surface area contributed by atoms with Gasteiger partial charge < -0.3 is 15.0 Å². The third-order valence-electron chi connectivity index (χ3n) is 4.93. The van der Waals surface area contributed by atoms with Crippen molar-refractivity contribution >= 4 is 5.91 Å². The lowest BCUT2D eigenvalue weighted by Gasteiger charge is -2.44. The number of amides is 1. The number of piperidine rings is 3. The smallest absolute Gasteiger partial charge is 0.255 e. The van der Waals surface area contributed by atoms with Crippen LogP contribution >= 0.6 is 0 Å². The number of fused-ring (bicyclic) bond motifs is 4. The molecular weight excluding hydrogens is 252 g/mol. The lowest BCUT2D eigenvalue weighted by atomic mass is 9.84. The summed E-state index contributed by atoms with van der Waals surface area (Å²) in [5.74, 6) is 1.48. The molecule has 4 aliphatic heterocycles. The van der Waals surface area contributed by atoms with Gasteiger partial charge in [-0.1, -0.05) is 12.1 Å². The van der Waals surface area contributed by atoms with E-state index in [9.17, 15) is 4.79 Å². The van der Waals surface area contributed by atoms with Gasteiger partial charge in [-0.25, -0.2) is 0 Å². The van der Waals surface area contributed by atoms with Gasteiger partial charge in [0, 0.05) is 19.0 Å². The Morgan fingerprint density at radius 2 is 2.15 bits per heavy atom. The van der Waals surface area contributed by atoms with Crippen LogP contribution in [0.15, 0.2) is 18.2 Å². The lowest BCUT2D eigenvalue weighted by molar-refractivity contribution is 0.0619. The van der Waals surface area contributed by atoms with Crippen LogP contribution in [0.1, 0.15) is 28.8 Å². The summed E-state index contributed by atoms with van der Waals surface area (Å²) in [6.45, 7) is 4.09. The van der Waals surface area contributed by atoms with Crippen molar-refractivity contribution in [2.75, 3.05) is 26.2 Å². The normalized spacial score (nSPS) is 30.7. The average Bonchev–Trinajstić information content (AvgIpc) is 2.96. The van der Waals surface area contributed by atoms with Gasteiger partial charge in [-0.2, -0.15) is 0 Å². The third-order valence-corrected chi connectivity index (χ3v) is 4.93. The number of para-hydroxylation sites is 1. The van der Waals surface area contributed by atoms with Crippen LogP contribution in [-0.4, -0.2) is 43.1 Å². The molecule has 0 aromatic heterocycles. The van der Waals surface area contributed by atoms with Crippen molar-refractivity contribution in [2.24, 2.45) is 5.92 Å². The molecule has 3 saturated heterocycles. The molecule has 0 radical (unpaired) electrons. The second-order valence-corrected chi connectivity index (χ2v) is 6.11. The van der Waals surface area contributed by atoms with E-state index in [-0.39, 0.29) is 5.91 Å². The predicted molar refractivity (Wildman–Crippen MR) is 76.1 cm³/mol. The fraction of sp³-hybridized carbons (Fsp3) is 0.562. The minimum absolute atomic E-state index is 0.0301. The highest BCUT2D eigenvalue weighted by Crippen LogP contribution is 2.31. The summed E-state index contributed by atoms with van der Waals surface area (Å²) in [7, 11) is 0. The molecule has 1 atom stereocenters. The van der Waals surface area contributed by atoms with E-state index in [2.05, 4.69) is 10.2 Å². The van der Waals surface area contributed by atoms with Crippen molar-refractivity contribution in [3.63, 3.8) is 0 Å². The van der Waals surface area contributed by atoms with Gasteiger partial charge in [0.15, 0.2) is 0 Å². The number of hydrogen-bond acceptors (Lipinski definition) is 3. The fourth-order valence-electron chi connectivity index (χ4n) is 3.77. The summed E-state index contributed by atoms with van der Waals surface area (Å²) in [6, 6.07) is 6.19. The van der Waals surface area contributed by atoms with Gasteiger partial charge in [-0.05, 0) is 43.5 Å². The lowest BCUT2D eigenvalue weighted by Crippen LogP contribution is -2.57. The Hall–Kier alpha value is -1.55. The van der Waals surface area contributed by atoms with Gasteiger partial charge in [0.25, 0.3) is 5.91 Å². The molecular formula is C16H20N2O2. The van der Waals surface area contributed by atoms with Crippen LogP contribution in [0.4, 0.5) is 0 Å². The molecule has 4 aliphatic rings. The molecule has 1 N–H and O–H groups in total. The average molecular weight is 272 g/mol. The van der Waals surface area contributed by atoms with Crippen LogP contribution in [0.25, 0.3) is 0 Å². The van der Waals surface area contributed by atoms with E-state index in [1.54, 1.807) is 0 Å². The van der Waals surface area contributed by atoms with Crippen LogP contribution in [0.2, 0.25) is 0 Å². The monoisotopic (exact) mass is 272 g/mol. The molecule has 20 heavy (non-hydrogen) atoms. The van der Waals surface area contributed by atoms with Crippen LogP contribution in [-0.2, 0) is 6.42 Å². The standard InChI is InChI=1S/C16H20N2O2/c19-16(13-3-1-2-12-6-9-20-15(12)13)17-14-10-18-7-4-11(14)5-8-18/h1-3,11,14H,4-10H2,(H,17,19)/t14-/m0/s1. The fourth-order valence-corrected chi connectivity index (χ4v) is 3.77. The Balaban J connectivity index is 1.52. The van der Waals surface area contributed by atoms with Crippen molar-refractivity contribution in [1.29, 1.82) is 0 Å². The summed E-state index contributed by atoms with van der Waals surface area (Å²) in [5.41, 5.74) is 1.86. The van der Waals surface area contributed by atoms with Crippen LogP contribution in [0.5, 0.6) is 5.75 Å². The molecule has 3 fully saturated rings. The van der Waals surface area contributed by atoms with Crippen molar-refractivity contribution in [2.45, 2.75) is 25.3 Å². The Morgan fingerprint density at radius 3 is 2.90 bits per heavy atom. The first-order valence-corrected chi connectivity index (χ1v) is 7.59. The molecule has 4 heteroatoms. The molecule has 1 aromatic rings. The zero-order valence-corrected chi connectivity index (χ0v) is 11.6. The van der Waals surface area contributed by atoms with Crippen LogP contribution < -0.4 is 10.1 Å². The highest BCUT2D eigenvalue weighted by Gasteiger charge is 2.35. The number of benzene rings is 1. The Kier molecular flexibility index (Phi) is 2.91. The summed E-state index contributed by atoms with van der Waals surface area (Å²) in [5, 5.41) is 3.24. The molecule has 5 rings (SSSR count). The van der Waals surface area contributed by atoms with E-state index in [4.69, 9.17) is 4.74 Å². The number of carbonyl (C=O) groups is 1. The highest BCUT2D eigenvalue weighted by molar-refractivity contribution is 5.97. The van der Waals surface area contributed by atoms with Gasteiger partial charge in [0.1, 0.15) is 5.75 Å². The molecule has 1 aromatic carbocycles. The van der Waals surface area contributed by atoms with E-state index in [0.717, 1.165) is 24.3 Å². The first-order valence-electron chi connectivity index (χ1n) is 7.59. The number of ether oxygens (including phenoxy) is 1. The van der Waals surface area contributed by atoms with Gasteiger partial charge in [0.2, 0.25) is 0 Å². The maximum Gasteiger partial charge on any atom is 0.255 e. The van der Waals surface area contributed by atoms with E-state index >= 15 is 0 Å². The molecule has 4 heterocycles. The summed E-state index contributed by atoms with van der Waals surface area (Å²) >= 11 is 0. The molecule has 2 bridgehead atoms. The number of carbonyl (C=O) groups excluding carboxylic acids is 1. The first kappa shape index (κ1) is 12.2. The van der Waals surface area contributed by atoms with Gasteiger partial charge in [-0.15, -0.1) is 0 Å². The van der Waals surface area contributed by atoms with Crippen LogP contribution in [0.3, 0.4) is 0 Å². The highest BCUT2D eigenvalue weighted by atomic mass is 16.5. The van der Waals surface area contributed by atoms with E-state index in [0.29, 0.717) is 24.1 Å². The molecule has 1 amide bonds. The second kappa shape index (κ2) is 4.77. The number of nitrogens with zero attached hydrogens (tertiary/aromatic N) is 1. The first-order chi connectivity index (χ1) is 9.81. The second-order valence-electron chi connectivity index (χ2n) is 6.11. The minimum Gasteiger partial charge on any atom is -0.492 e. The maximum absolute atomic E-state index is 12.5. The molecule has 106 valence electrons. The summed E-state index contributed by atoms with van der Waals surface area (Å²) < 4.78 is 5.63. The van der Waals surface area contributed by atoms with Crippen molar-refractivity contribution in [3.8, 4) is 5.75 Å². The van der Waals surface area contributed by atoms with Gasteiger partial charge >= 0.3 is 0 Å². The molecule has 0 saturated carbocycles. The number of nitrogens with one attached hydrogen (secondary N) is 1. The summed E-state index contributed by atoms with van der Waals surface area (Å²) in [4.78, 5) is 15.0. The Bertz CT molecular complexity index is 535. The zero-order chi connectivity index (χ0) is 13.5. The number of rotatable bonds is 2. The van der Waals surface area contributed by atoms with Gasteiger partial charge in [-0.3, -0.25) is 4.79 Å². The van der Waals surface area contributed by atoms with E-state index < -0.39 is 0 Å². The molecule has 4 nitrogen and oxygen atoms in total. The SMILES string of the molecule is O=C(N[C@H]1CN2CCC1CC2)c1cccc2c1OCC2. The van der Waals surface area contributed by atoms with Crippen molar-refractivity contribution < 1.29 is 9.53 Å². The molecule has 0 unspecified atom stereocenters. The van der Waals surface area contributed by atoms with Crippen LogP contribution in [0, 0.1) is 5.92 Å². The Labute approximate surface area is 119 Å². The topological polar surface area (TPSA) is 41.6 Å². The van der Waals surface area contributed by atoms with Gasteiger partial charge in [0.05, 0.1) is 12.2 Å². The van der Waals surface area contributed by atoms with Crippen molar-refractivity contribution in [1.82, 2.24) is 10.2 Å². The predicted octanol–water partition coefficient (Wildman–Crippen LogP) is 1.45. The molecule has 0 spiro atoms.